The minimum absolute atomic E-state index is 0.0454. The third-order valence-electron chi connectivity index (χ3n) is 16.4. The fraction of sp³-hybridized carbons (Fsp3) is 0.905. The molecule has 5 heterocycles. The third-order valence-corrected chi connectivity index (χ3v) is 16.4. The van der Waals surface area contributed by atoms with Crippen LogP contribution in [-0.2, 0) is 47.4 Å². The Labute approximate surface area is 333 Å². The average Bonchev–Trinajstić information content (AvgIpc) is 3.83. The number of fused-ring (bicyclic) bond motifs is 6. The number of cyclic esters (lactones) is 1. The van der Waals surface area contributed by atoms with Crippen molar-refractivity contribution in [3.63, 3.8) is 0 Å². The largest absolute Gasteiger partial charge is 0.509 e. The van der Waals surface area contributed by atoms with Crippen molar-refractivity contribution in [1.82, 2.24) is 0 Å². The monoisotopic (exact) mass is 806 g/mol. The van der Waals surface area contributed by atoms with Gasteiger partial charge in [0.15, 0.2) is 25.0 Å². The molecule has 4 saturated heterocycles. The predicted octanol–water partition coefficient (Wildman–Crippen LogP) is 3.40. The van der Waals surface area contributed by atoms with Crippen molar-refractivity contribution in [3.05, 3.63) is 11.6 Å². The summed E-state index contributed by atoms with van der Waals surface area (Å²) in [5.74, 6) is 0.202. The molecule has 0 aromatic rings. The molecule has 0 aromatic heterocycles. The van der Waals surface area contributed by atoms with Gasteiger partial charge in [-0.25, -0.2) is 9.59 Å². The Kier molecular flexibility index (Phi) is 10.6. The number of esters is 1. The summed E-state index contributed by atoms with van der Waals surface area (Å²) < 4.78 is 53.0. The zero-order chi connectivity index (χ0) is 40.2. The number of rotatable bonds is 7. The molecule has 9 aliphatic rings. The molecule has 21 atom stereocenters. The Morgan fingerprint density at radius 3 is 2.02 bits per heavy atom. The number of ether oxygens (including phenoxy) is 9. The van der Waals surface area contributed by atoms with Crippen LogP contribution in [0.4, 0.5) is 4.79 Å². The lowest BCUT2D eigenvalue weighted by atomic mass is 9.42. The number of carbonyl (C=O) groups excluding carboxylic acids is 2. The van der Waals surface area contributed by atoms with E-state index in [1.807, 2.05) is 13.8 Å². The van der Waals surface area contributed by atoms with Crippen molar-refractivity contribution in [3.8, 4) is 0 Å². The summed E-state index contributed by atoms with van der Waals surface area (Å²) in [6.07, 6.45) is -0.651. The summed E-state index contributed by atoms with van der Waals surface area (Å²) >= 11 is 0. The second-order valence-corrected chi connectivity index (χ2v) is 19.2. The molecule has 0 spiro atoms. The van der Waals surface area contributed by atoms with E-state index in [-0.39, 0.29) is 61.1 Å². The molecule has 0 aromatic carbocycles. The Bertz CT molecular complexity index is 1550. The smallest absolute Gasteiger partial charge is 0.458 e. The highest BCUT2D eigenvalue weighted by molar-refractivity contribution is 5.85. The number of hydrogen-bond donors (Lipinski definition) is 4. The van der Waals surface area contributed by atoms with Crippen molar-refractivity contribution < 1.29 is 72.6 Å². The molecule has 0 unspecified atom stereocenters. The summed E-state index contributed by atoms with van der Waals surface area (Å²) in [5, 5.41) is 46.9. The van der Waals surface area contributed by atoms with Crippen LogP contribution < -0.4 is 0 Å². The summed E-state index contributed by atoms with van der Waals surface area (Å²) in [6, 6.07) is 0. The van der Waals surface area contributed by atoms with Crippen molar-refractivity contribution in [1.29, 1.82) is 0 Å². The summed E-state index contributed by atoms with van der Waals surface area (Å²) in [4.78, 5) is 23.6. The Morgan fingerprint density at radius 1 is 0.719 bits per heavy atom. The molecule has 320 valence electrons. The quantitative estimate of drug-likeness (QED) is 0.216. The van der Waals surface area contributed by atoms with Crippen LogP contribution in [-0.4, -0.2) is 131 Å². The standard InChI is InChI=1S/C42H62O15/c1-19-36(55-34-16-29(44)37(20(2)51-34)56-35-17-30-38(21(3)52-35)57-39(47)54-30)28(43)15-33(50-19)53-24-8-10-40(4)23(13-24)6-7-26-27(40)14-31(45)41(5)25(9-11-42(26,41)48)22-12-32(46)49-18-22/h12,19-21,23-31,33-38,43-45,48H,6-11,13-18H2,1-5H3/t19-,20-,21-,23-,24+,25-,26-,27+,28+,29+,30+,31-,33+,34+,35+,36-,37-,38-,40+,41+,42+/m1/s1. The summed E-state index contributed by atoms with van der Waals surface area (Å²) in [7, 11) is 0. The van der Waals surface area contributed by atoms with E-state index in [2.05, 4.69) is 6.92 Å². The van der Waals surface area contributed by atoms with Gasteiger partial charge in [-0.1, -0.05) is 13.8 Å². The minimum Gasteiger partial charge on any atom is -0.458 e. The molecule has 4 saturated carbocycles. The van der Waals surface area contributed by atoms with Gasteiger partial charge in [0, 0.05) is 30.8 Å². The van der Waals surface area contributed by atoms with Gasteiger partial charge in [0.2, 0.25) is 0 Å². The normalized spacial score (nSPS) is 54.7. The van der Waals surface area contributed by atoms with Crippen LogP contribution in [0.15, 0.2) is 11.6 Å². The van der Waals surface area contributed by atoms with Crippen molar-refractivity contribution in [2.24, 2.45) is 34.5 Å². The maximum atomic E-state index is 12.6. The summed E-state index contributed by atoms with van der Waals surface area (Å²) in [5.41, 5.74) is -0.894. The molecule has 15 heteroatoms. The van der Waals surface area contributed by atoms with E-state index in [9.17, 15) is 30.0 Å². The van der Waals surface area contributed by atoms with Crippen LogP contribution in [0.25, 0.3) is 0 Å². The van der Waals surface area contributed by atoms with Crippen LogP contribution in [0.5, 0.6) is 0 Å². The maximum Gasteiger partial charge on any atom is 0.509 e. The van der Waals surface area contributed by atoms with Gasteiger partial charge in [0.1, 0.15) is 24.9 Å². The Balaban J connectivity index is 0.768. The molecule has 0 bridgehead atoms. The van der Waals surface area contributed by atoms with Crippen LogP contribution in [0.3, 0.4) is 0 Å². The lowest BCUT2D eigenvalue weighted by Gasteiger charge is -2.65. The zero-order valence-corrected chi connectivity index (χ0v) is 33.7. The average molecular weight is 807 g/mol. The Hall–Kier alpha value is -1.92. The second kappa shape index (κ2) is 14.9. The van der Waals surface area contributed by atoms with E-state index in [1.54, 1.807) is 19.9 Å². The Morgan fingerprint density at radius 2 is 1.37 bits per heavy atom. The lowest BCUT2D eigenvalue weighted by Crippen LogP contribution is -2.67. The molecular formula is C42H62O15. The van der Waals surface area contributed by atoms with Crippen LogP contribution in [0.2, 0.25) is 0 Å². The zero-order valence-electron chi connectivity index (χ0n) is 33.7. The molecule has 4 N–H and O–H groups in total. The van der Waals surface area contributed by atoms with Gasteiger partial charge in [-0.05, 0) is 107 Å². The van der Waals surface area contributed by atoms with E-state index in [4.69, 9.17) is 42.6 Å². The van der Waals surface area contributed by atoms with Crippen molar-refractivity contribution in [2.75, 3.05) is 6.61 Å². The molecule has 8 fully saturated rings. The van der Waals surface area contributed by atoms with Crippen LogP contribution in [0, 0.1) is 34.5 Å². The minimum atomic E-state index is -1.01. The SMILES string of the molecule is C[C@H]1O[C@@H](O[C@H]2[C@@H](O)C[C@H](O[C@H]3[C@@H](O)C[C@H](O[C@H]4CC[C@@]5(C)[C@H](CC[C@@H]6[C@@H]5C[C@@H](O)[C@]5(C)[C@@H](C7=CC(=O)OC7)CC[C@]65O)C4)O[C@@H]3C)O[C@@H]2C)C[C@@H]2OC(=O)O[C@@H]21. The fourth-order valence-corrected chi connectivity index (χ4v) is 13.3. The highest BCUT2D eigenvalue weighted by Gasteiger charge is 2.71. The van der Waals surface area contributed by atoms with Gasteiger partial charge in [-0.15, -0.1) is 0 Å². The van der Waals surface area contributed by atoms with Crippen molar-refractivity contribution >= 4 is 12.1 Å². The number of carbonyl (C=O) groups is 2. The van der Waals surface area contributed by atoms with E-state index >= 15 is 0 Å². The second-order valence-electron chi connectivity index (χ2n) is 19.2. The van der Waals surface area contributed by atoms with Gasteiger partial charge in [-0.2, -0.15) is 0 Å². The molecule has 5 aliphatic heterocycles. The van der Waals surface area contributed by atoms with Gasteiger partial charge in [0.25, 0.3) is 0 Å². The molecule has 57 heavy (non-hydrogen) atoms. The van der Waals surface area contributed by atoms with Crippen molar-refractivity contribution in [2.45, 2.75) is 197 Å². The van der Waals surface area contributed by atoms with E-state index < -0.39 is 97.1 Å². The first-order valence-electron chi connectivity index (χ1n) is 21.5. The fourth-order valence-electron chi connectivity index (χ4n) is 13.3. The first-order chi connectivity index (χ1) is 27.1. The molecule has 15 nitrogen and oxygen atoms in total. The molecule has 0 amide bonds. The van der Waals surface area contributed by atoms with E-state index in [0.717, 1.165) is 44.1 Å². The molecule has 0 radical (unpaired) electrons. The van der Waals surface area contributed by atoms with Gasteiger partial charge in [0.05, 0.1) is 48.3 Å². The number of hydrogen-bond acceptors (Lipinski definition) is 15. The number of aliphatic hydroxyl groups excluding tert-OH is 3. The maximum absolute atomic E-state index is 12.6. The van der Waals surface area contributed by atoms with Gasteiger partial charge < -0.3 is 63.1 Å². The highest BCUT2D eigenvalue weighted by atomic mass is 16.8. The third kappa shape index (κ3) is 6.78. The molecule has 9 rings (SSSR count). The van der Waals surface area contributed by atoms with Gasteiger partial charge in [-0.3, -0.25) is 0 Å². The number of aliphatic hydroxyl groups is 4. The van der Waals surface area contributed by atoms with Crippen LogP contribution >= 0.6 is 0 Å². The van der Waals surface area contributed by atoms with E-state index in [0.29, 0.717) is 18.8 Å². The predicted molar refractivity (Wildman–Crippen MR) is 196 cm³/mol. The lowest BCUT2D eigenvalue weighted by molar-refractivity contribution is -0.334. The van der Waals surface area contributed by atoms with Crippen LogP contribution in [0.1, 0.15) is 105 Å². The topological polar surface area (TPSA) is 198 Å². The highest BCUT2D eigenvalue weighted by Crippen LogP contribution is 2.70. The van der Waals surface area contributed by atoms with E-state index in [1.165, 1.54) is 0 Å². The van der Waals surface area contributed by atoms with Gasteiger partial charge >= 0.3 is 12.1 Å². The first kappa shape index (κ1) is 40.5. The first-order valence-corrected chi connectivity index (χ1v) is 21.5. The molecule has 4 aliphatic carbocycles. The molecular weight excluding hydrogens is 744 g/mol. The summed E-state index contributed by atoms with van der Waals surface area (Å²) in [6.45, 7) is 10.1.